The first-order valence-corrected chi connectivity index (χ1v) is 25.4. The van der Waals surface area contributed by atoms with Gasteiger partial charge in [0.05, 0.1) is 0 Å². The molecule has 0 spiro atoms. The van der Waals surface area contributed by atoms with E-state index in [1.807, 2.05) is 0 Å². The Balaban J connectivity index is 5.25. The molecule has 0 aliphatic carbocycles. The third-order valence-electron chi connectivity index (χ3n) is 4.15. The van der Waals surface area contributed by atoms with Crippen molar-refractivity contribution in [1.82, 2.24) is 0 Å². The molecule has 0 aromatic rings. The van der Waals surface area contributed by atoms with Gasteiger partial charge in [0, 0.05) is 0 Å². The normalized spacial score (nSPS) is 14.1. The van der Waals surface area contributed by atoms with Crippen LogP contribution in [0.1, 0.15) is 59.3 Å². The molecule has 0 aromatic heterocycles. The predicted octanol–water partition coefficient (Wildman–Crippen LogP) is 7.56. The van der Waals surface area contributed by atoms with Crippen molar-refractivity contribution < 1.29 is 0 Å². The van der Waals surface area contributed by atoms with Gasteiger partial charge in [0.15, 0.2) is 0 Å². The molecule has 0 nitrogen and oxygen atoms in total. The minimum absolute atomic E-state index is 1.23. The van der Waals surface area contributed by atoms with Crippen LogP contribution in [-0.2, 0) is 0 Å². The van der Waals surface area contributed by atoms with Gasteiger partial charge in [0.25, 0.3) is 0 Å². The number of hydrogen-bond acceptors (Lipinski definition) is 0. The Labute approximate surface area is 143 Å². The van der Waals surface area contributed by atoms with Crippen molar-refractivity contribution in [3.8, 4) is 11.5 Å². The van der Waals surface area contributed by atoms with Gasteiger partial charge in [0.1, 0.15) is 0 Å². The van der Waals surface area contributed by atoms with E-state index in [0.717, 1.165) is 0 Å². The fourth-order valence-corrected chi connectivity index (χ4v) is 23.8. The Morgan fingerprint density at radius 2 is 1.19 bits per heavy atom. The van der Waals surface area contributed by atoms with E-state index in [1.165, 1.54) is 56.0 Å². The topological polar surface area (TPSA) is 0 Å². The second-order valence-corrected chi connectivity index (χ2v) is 41.1. The van der Waals surface area contributed by atoms with Crippen LogP contribution in [0.3, 0.4) is 0 Å². The maximum atomic E-state index is 4.48. The molecule has 0 bridgehead atoms. The molecule has 0 saturated heterocycles. The molecule has 0 aliphatic rings. The zero-order valence-corrected chi connectivity index (χ0v) is 20.5. The average Bonchev–Trinajstić information content (AvgIpc) is 2.40. The van der Waals surface area contributed by atoms with Gasteiger partial charge in [-0.05, 0) is 0 Å². The number of hydrogen-bond donors (Lipinski definition) is 0. The Morgan fingerprint density at radius 1 is 0.810 bits per heavy atom. The van der Waals surface area contributed by atoms with E-state index in [9.17, 15) is 0 Å². The average molecular weight is 484 g/mol. The summed E-state index contributed by atoms with van der Waals surface area (Å²) in [7, 11) is -1.23. The first-order chi connectivity index (χ1) is 9.69. The van der Waals surface area contributed by atoms with Crippen LogP contribution in [0, 0.1) is 11.5 Å². The van der Waals surface area contributed by atoms with E-state index < -0.39 is 23.2 Å². The van der Waals surface area contributed by atoms with Gasteiger partial charge in [-0.25, -0.2) is 0 Å². The van der Waals surface area contributed by atoms with Gasteiger partial charge in [-0.3, -0.25) is 0 Å². The number of rotatable bonds is 10. The molecule has 0 rings (SSSR count). The van der Waals surface area contributed by atoms with E-state index in [4.69, 9.17) is 0 Å². The summed E-state index contributed by atoms with van der Waals surface area (Å²) >= 11 is 1.79. The summed E-state index contributed by atoms with van der Waals surface area (Å²) in [5.74, 6) is 3.69. The van der Waals surface area contributed by atoms with Gasteiger partial charge in [-0.15, -0.1) is 0 Å². The molecular formula is C18H38BrSbSi. The summed E-state index contributed by atoms with van der Waals surface area (Å²) in [5, 5.41) is 0. The zero-order valence-electron chi connectivity index (χ0n) is 15.4. The van der Waals surface area contributed by atoms with Gasteiger partial charge in [-0.2, -0.15) is 0 Å². The second-order valence-electron chi connectivity index (χ2n) is 7.76. The molecule has 0 heterocycles. The Hall–Kier alpha value is 1.08. The van der Waals surface area contributed by atoms with Crippen LogP contribution in [0.25, 0.3) is 0 Å². The summed E-state index contributed by atoms with van der Waals surface area (Å²) in [6.07, 6.45) is 8.17. The minimum atomic E-state index is -2.69. The van der Waals surface area contributed by atoms with Crippen molar-refractivity contribution in [2.24, 2.45) is 0 Å². The fraction of sp³-hybridized carbons (Fsp3) is 0.889. The van der Waals surface area contributed by atoms with Gasteiger partial charge in [-0.1, -0.05) is 0 Å². The van der Waals surface area contributed by atoms with Crippen molar-refractivity contribution in [3.63, 3.8) is 0 Å². The molecule has 0 N–H and O–H groups in total. The summed E-state index contributed by atoms with van der Waals surface area (Å²) < 4.78 is 5.66. The second kappa shape index (κ2) is 10.0. The fourth-order valence-electron chi connectivity index (χ4n) is 2.73. The van der Waals surface area contributed by atoms with Gasteiger partial charge >= 0.3 is 144 Å². The molecule has 0 radical (unpaired) electrons. The molecule has 0 atom stereocenters. The van der Waals surface area contributed by atoms with Crippen LogP contribution in [0.2, 0.25) is 37.1 Å². The molecule has 0 saturated carbocycles. The van der Waals surface area contributed by atoms with Crippen LogP contribution in [0.4, 0.5) is 0 Å². The first kappa shape index (κ1) is 22.1. The Kier molecular flexibility index (Phi) is 10.6. The Morgan fingerprint density at radius 3 is 1.48 bits per heavy atom. The van der Waals surface area contributed by atoms with Gasteiger partial charge < -0.3 is 0 Å². The number of unbranched alkanes of at least 4 members (excludes halogenated alkanes) is 3. The molecule has 0 amide bonds. The monoisotopic (exact) mass is 482 g/mol. The van der Waals surface area contributed by atoms with Gasteiger partial charge in [0.2, 0.25) is 0 Å². The van der Waals surface area contributed by atoms with Crippen LogP contribution in [-0.4, -0.2) is 23.2 Å². The van der Waals surface area contributed by atoms with E-state index in [2.05, 4.69) is 64.5 Å². The number of halogens is 1. The van der Waals surface area contributed by atoms with Crippen molar-refractivity contribution in [3.05, 3.63) is 0 Å². The van der Waals surface area contributed by atoms with Crippen LogP contribution in [0.5, 0.6) is 0 Å². The standard InChI is InChI=1S/C6H11Si.3C4H9.BrH.Sb/c1-5-6-7(2,3)4;3*1-3-4-2;;/h1H2,2-4H3;3*1,3-4H2,2H3;1H;/q;;;;;+1/p-1. The van der Waals surface area contributed by atoms with Crippen LogP contribution < -0.4 is 0 Å². The first-order valence-electron chi connectivity index (χ1n) is 8.91. The van der Waals surface area contributed by atoms with E-state index >= 15 is 0 Å². The molecule has 0 fully saturated rings. The van der Waals surface area contributed by atoms with Crippen molar-refractivity contribution in [2.75, 3.05) is 0 Å². The Bertz CT molecular complexity index is 324. The molecule has 0 aliphatic heterocycles. The third-order valence-corrected chi connectivity index (χ3v) is 28.9. The van der Waals surface area contributed by atoms with Crippen molar-refractivity contribution in [1.29, 1.82) is 0 Å². The molecule has 0 unspecified atom stereocenters. The van der Waals surface area contributed by atoms with E-state index in [0.29, 0.717) is 0 Å². The SMILES string of the molecule is CCC[CH2][Sb]([Br])([CH2]C#C[Si](C)(C)C)([CH2]CCC)[CH2]CCC. The molecule has 21 heavy (non-hydrogen) atoms. The van der Waals surface area contributed by atoms with Crippen LogP contribution >= 0.6 is 12.6 Å². The quantitative estimate of drug-likeness (QED) is 0.222. The third kappa shape index (κ3) is 9.73. The maximum absolute atomic E-state index is 4.48. The van der Waals surface area contributed by atoms with Crippen molar-refractivity contribution >= 4 is 35.8 Å². The van der Waals surface area contributed by atoms with E-state index in [-0.39, 0.29) is 0 Å². The van der Waals surface area contributed by atoms with E-state index in [1.54, 1.807) is 0 Å². The molecule has 126 valence electrons. The molecule has 3 heteroatoms. The summed E-state index contributed by atoms with van der Waals surface area (Å²) in [6.45, 7) is 14.1. The summed E-state index contributed by atoms with van der Waals surface area (Å²) in [5.41, 5.74) is 3.64. The molecular weight excluding hydrogens is 446 g/mol. The predicted molar refractivity (Wildman–Crippen MR) is 110 cm³/mol. The molecule has 0 aromatic carbocycles. The zero-order chi connectivity index (χ0) is 16.4. The van der Waals surface area contributed by atoms with Crippen molar-refractivity contribution in [2.45, 2.75) is 96.4 Å². The summed E-state index contributed by atoms with van der Waals surface area (Å²) in [6, 6.07) is 0. The van der Waals surface area contributed by atoms with Crippen LogP contribution in [0.15, 0.2) is 0 Å². The summed E-state index contributed by atoms with van der Waals surface area (Å²) in [4.78, 5) is 0.